The fourth-order valence-corrected chi connectivity index (χ4v) is 2.18. The number of amides is 1. The molecule has 6 heteroatoms. The number of ether oxygens (including phenoxy) is 1. The van der Waals surface area contributed by atoms with Gasteiger partial charge in [0.05, 0.1) is 18.0 Å². The lowest BCUT2D eigenvalue weighted by Gasteiger charge is -2.08. The maximum absolute atomic E-state index is 11.8. The summed E-state index contributed by atoms with van der Waals surface area (Å²) in [7, 11) is 0. The topological polar surface area (TPSA) is 81.5 Å². The van der Waals surface area contributed by atoms with E-state index in [0.29, 0.717) is 19.6 Å². The van der Waals surface area contributed by atoms with E-state index in [-0.39, 0.29) is 18.0 Å². The summed E-state index contributed by atoms with van der Waals surface area (Å²) in [5.41, 5.74) is 1.91. The molecule has 126 valence electrons. The van der Waals surface area contributed by atoms with E-state index in [1.54, 1.807) is 12.1 Å². The van der Waals surface area contributed by atoms with Crippen LogP contribution in [0.5, 0.6) is 5.75 Å². The van der Waals surface area contributed by atoms with Crippen molar-refractivity contribution in [2.75, 3.05) is 13.2 Å². The number of benzene rings is 2. The average Bonchev–Trinajstić information content (AvgIpc) is 2.55. The molecule has 1 amide bonds. The molecule has 0 heterocycles. The molecule has 0 saturated heterocycles. The number of hydrogen-bond donors (Lipinski definition) is 1. The quantitative estimate of drug-likeness (QED) is 0.459. The van der Waals surface area contributed by atoms with E-state index < -0.39 is 4.92 Å². The molecule has 0 bridgehead atoms. The van der Waals surface area contributed by atoms with Gasteiger partial charge in [0.15, 0.2) is 0 Å². The van der Waals surface area contributed by atoms with E-state index in [0.717, 1.165) is 16.9 Å². The molecule has 0 unspecified atom stereocenters. The Labute approximate surface area is 140 Å². The van der Waals surface area contributed by atoms with Crippen LogP contribution in [0.4, 0.5) is 5.69 Å². The monoisotopic (exact) mass is 328 g/mol. The number of hydrogen-bond acceptors (Lipinski definition) is 4. The van der Waals surface area contributed by atoms with Crippen LogP contribution >= 0.6 is 0 Å². The minimum Gasteiger partial charge on any atom is -0.494 e. The van der Waals surface area contributed by atoms with Crippen molar-refractivity contribution in [1.29, 1.82) is 0 Å². The lowest BCUT2D eigenvalue weighted by atomic mass is 10.1. The minimum absolute atomic E-state index is 0.0208. The van der Waals surface area contributed by atoms with Gasteiger partial charge in [-0.3, -0.25) is 14.9 Å². The summed E-state index contributed by atoms with van der Waals surface area (Å²) in [5, 5.41) is 13.4. The van der Waals surface area contributed by atoms with Crippen LogP contribution in [-0.2, 0) is 11.2 Å². The molecule has 2 rings (SSSR count). The normalized spacial score (nSPS) is 10.2. The van der Waals surface area contributed by atoms with Crippen LogP contribution in [0.15, 0.2) is 48.5 Å². The first-order valence-electron chi connectivity index (χ1n) is 7.74. The molecule has 0 spiro atoms. The molecule has 0 saturated carbocycles. The number of rotatable bonds is 8. The van der Waals surface area contributed by atoms with Gasteiger partial charge < -0.3 is 10.1 Å². The predicted molar refractivity (Wildman–Crippen MR) is 91.1 cm³/mol. The molecule has 0 aliphatic rings. The lowest BCUT2D eigenvalue weighted by Crippen LogP contribution is -2.27. The first-order chi connectivity index (χ1) is 11.5. The molecule has 1 N–H and O–H groups in total. The third-order valence-electron chi connectivity index (χ3n) is 3.41. The molecule has 2 aromatic rings. The van der Waals surface area contributed by atoms with Crippen LogP contribution in [0.1, 0.15) is 17.5 Å². The third kappa shape index (κ3) is 5.72. The Hall–Kier alpha value is -2.89. The van der Waals surface area contributed by atoms with E-state index in [1.807, 2.05) is 31.2 Å². The highest BCUT2D eigenvalue weighted by molar-refractivity contribution is 5.78. The molecule has 0 aliphatic carbocycles. The van der Waals surface area contributed by atoms with Crippen LogP contribution in [0.2, 0.25) is 0 Å². The molecular formula is C18H20N2O4. The second-order valence-electron chi connectivity index (χ2n) is 5.47. The highest BCUT2D eigenvalue weighted by atomic mass is 16.6. The number of non-ortho nitro benzene ring substituents is 1. The zero-order valence-corrected chi connectivity index (χ0v) is 13.5. The Morgan fingerprint density at radius 2 is 1.96 bits per heavy atom. The number of carbonyl (C=O) groups excluding carboxylic acids is 1. The van der Waals surface area contributed by atoms with Gasteiger partial charge in [0, 0.05) is 18.7 Å². The fourth-order valence-electron chi connectivity index (χ4n) is 2.18. The Morgan fingerprint density at radius 1 is 1.21 bits per heavy atom. The van der Waals surface area contributed by atoms with Crippen molar-refractivity contribution in [3.8, 4) is 5.75 Å². The first kappa shape index (κ1) is 17.5. The van der Waals surface area contributed by atoms with Crippen molar-refractivity contribution >= 4 is 11.6 Å². The third-order valence-corrected chi connectivity index (χ3v) is 3.41. The largest absolute Gasteiger partial charge is 0.494 e. The van der Waals surface area contributed by atoms with Crippen molar-refractivity contribution in [2.24, 2.45) is 0 Å². The Kier molecular flexibility index (Phi) is 6.31. The van der Waals surface area contributed by atoms with E-state index in [4.69, 9.17) is 4.74 Å². The minimum atomic E-state index is -0.460. The number of nitro groups is 1. The van der Waals surface area contributed by atoms with Gasteiger partial charge in [-0.2, -0.15) is 0 Å². The van der Waals surface area contributed by atoms with Gasteiger partial charge in [-0.1, -0.05) is 24.3 Å². The SMILES string of the molecule is Cc1cccc(OCCCNC(=O)Cc2ccc([N+](=O)[O-])cc2)c1. The van der Waals surface area contributed by atoms with Crippen molar-refractivity contribution in [2.45, 2.75) is 19.8 Å². The number of aryl methyl sites for hydroxylation is 1. The molecule has 24 heavy (non-hydrogen) atoms. The van der Waals surface area contributed by atoms with Crippen molar-refractivity contribution in [3.05, 3.63) is 69.8 Å². The molecule has 0 aromatic heterocycles. The second kappa shape index (κ2) is 8.67. The van der Waals surface area contributed by atoms with Gasteiger partial charge >= 0.3 is 0 Å². The van der Waals surface area contributed by atoms with Crippen LogP contribution in [0.25, 0.3) is 0 Å². The highest BCUT2D eigenvalue weighted by Gasteiger charge is 2.07. The van der Waals surface area contributed by atoms with Crippen molar-refractivity contribution in [3.63, 3.8) is 0 Å². The number of nitro benzene ring substituents is 1. The van der Waals surface area contributed by atoms with Crippen LogP contribution in [0.3, 0.4) is 0 Å². The van der Waals surface area contributed by atoms with Gasteiger partial charge in [-0.15, -0.1) is 0 Å². The average molecular weight is 328 g/mol. The molecule has 0 radical (unpaired) electrons. The summed E-state index contributed by atoms with van der Waals surface area (Å²) in [6.07, 6.45) is 0.913. The van der Waals surface area contributed by atoms with Gasteiger partial charge in [-0.05, 0) is 36.6 Å². The lowest BCUT2D eigenvalue weighted by molar-refractivity contribution is -0.384. The zero-order chi connectivity index (χ0) is 17.4. The van der Waals surface area contributed by atoms with Crippen molar-refractivity contribution < 1.29 is 14.5 Å². The van der Waals surface area contributed by atoms with Gasteiger partial charge in [0.25, 0.3) is 5.69 Å². The summed E-state index contributed by atoms with van der Waals surface area (Å²) >= 11 is 0. The van der Waals surface area contributed by atoms with Crippen LogP contribution in [-0.4, -0.2) is 24.0 Å². The summed E-state index contributed by atoms with van der Waals surface area (Å²) in [4.78, 5) is 21.9. The standard InChI is InChI=1S/C18H20N2O4/c1-14-4-2-5-17(12-14)24-11-3-10-19-18(21)13-15-6-8-16(9-7-15)20(22)23/h2,4-9,12H,3,10-11,13H2,1H3,(H,19,21). The van der Waals surface area contributed by atoms with Gasteiger partial charge in [0.1, 0.15) is 5.75 Å². The van der Waals surface area contributed by atoms with E-state index in [9.17, 15) is 14.9 Å². The maximum atomic E-state index is 11.8. The molecular weight excluding hydrogens is 308 g/mol. The highest BCUT2D eigenvalue weighted by Crippen LogP contribution is 2.13. The Bertz CT molecular complexity index is 698. The molecule has 0 fully saturated rings. The molecule has 0 aliphatic heterocycles. The zero-order valence-electron chi connectivity index (χ0n) is 13.5. The molecule has 6 nitrogen and oxygen atoms in total. The Morgan fingerprint density at radius 3 is 2.62 bits per heavy atom. The summed E-state index contributed by atoms with van der Waals surface area (Å²) < 4.78 is 5.61. The predicted octanol–water partition coefficient (Wildman–Crippen LogP) is 3.03. The Balaban J connectivity index is 1.65. The fraction of sp³-hybridized carbons (Fsp3) is 0.278. The van der Waals surface area contributed by atoms with Crippen LogP contribution in [0, 0.1) is 17.0 Å². The maximum Gasteiger partial charge on any atom is 0.269 e. The number of nitrogens with one attached hydrogen (secondary N) is 1. The van der Waals surface area contributed by atoms with E-state index >= 15 is 0 Å². The summed E-state index contributed by atoms with van der Waals surface area (Å²) in [6.45, 7) is 3.06. The smallest absolute Gasteiger partial charge is 0.269 e. The molecule has 0 atom stereocenters. The molecule has 2 aromatic carbocycles. The number of carbonyl (C=O) groups is 1. The first-order valence-corrected chi connectivity index (χ1v) is 7.74. The van der Waals surface area contributed by atoms with Gasteiger partial charge in [-0.25, -0.2) is 0 Å². The number of nitrogens with zero attached hydrogens (tertiary/aromatic N) is 1. The van der Waals surface area contributed by atoms with E-state index in [1.165, 1.54) is 12.1 Å². The van der Waals surface area contributed by atoms with Crippen molar-refractivity contribution in [1.82, 2.24) is 5.32 Å². The van der Waals surface area contributed by atoms with Gasteiger partial charge in [0.2, 0.25) is 5.91 Å². The summed E-state index contributed by atoms with van der Waals surface area (Å²) in [5.74, 6) is 0.714. The van der Waals surface area contributed by atoms with E-state index in [2.05, 4.69) is 5.32 Å². The second-order valence-corrected chi connectivity index (χ2v) is 5.47. The van der Waals surface area contributed by atoms with Crippen LogP contribution < -0.4 is 10.1 Å². The summed E-state index contributed by atoms with van der Waals surface area (Å²) in [6, 6.07) is 13.8.